The second-order valence-corrected chi connectivity index (χ2v) is 35.2. The quantitative estimate of drug-likeness (QED) is 0.0589. The number of thiophene rings is 1. The van der Waals surface area contributed by atoms with E-state index in [-0.39, 0.29) is 65.4 Å². The SMILES string of the molecule is CC1(C)O[C@@H]2[C@@H](CO[C@@]3(COS(N)(=O)=O)OC(C)(C)O[C@@H]23)O1.CC1COc2c(N3CCN(C)CC3)c(F)cc3c(=O)c(C(=O)O)cn1c23.CCn1cc(C(=O)O)c(=O)c2cc(F)c(N3CCNCC3)cc21.Clc1ccccc1CN1CCc2sccc2C1.NC(=O)N1c2ccccc2CC(=O)c2ccccc21.O=C(NCCN1CCOCC1)c1ccc(Cl)cc1. The highest BCUT2D eigenvalue weighted by atomic mass is 35.5. The zero-order valence-electron chi connectivity index (χ0n) is 70.2. The molecule has 0 bridgehead atoms. The molecule has 37 heteroatoms. The van der Waals surface area contributed by atoms with Crippen molar-refractivity contribution in [2.75, 3.05) is 140 Å². The maximum Gasteiger partial charge on any atom is 0.341 e. The number of aromatic nitrogens is 2. The number of aromatic carboxylic acids is 2. The van der Waals surface area contributed by atoms with E-state index in [1.54, 1.807) is 102 Å². The predicted molar refractivity (Wildman–Crippen MR) is 470 cm³/mol. The first-order valence-corrected chi connectivity index (χ1v) is 44.2. The number of aryl methyl sites for hydroxylation is 1. The van der Waals surface area contributed by atoms with Crippen LogP contribution in [0.15, 0.2) is 149 Å². The van der Waals surface area contributed by atoms with Gasteiger partial charge in [-0.15, -0.1) is 11.3 Å². The summed E-state index contributed by atoms with van der Waals surface area (Å²) < 4.78 is 99.9. The number of nitrogens with one attached hydrogen (secondary N) is 2. The van der Waals surface area contributed by atoms with Gasteiger partial charge in [-0.2, -0.15) is 8.42 Å². The van der Waals surface area contributed by atoms with Crippen LogP contribution >= 0.6 is 34.5 Å². The molecule has 1 unspecified atom stereocenters. The number of pyridine rings is 2. The number of fused-ring (bicyclic) bond motifs is 7. The lowest BCUT2D eigenvalue weighted by molar-refractivity contribution is -0.290. The van der Waals surface area contributed by atoms with Crippen molar-refractivity contribution in [2.45, 2.75) is 116 Å². The molecule has 5 atom stereocenters. The number of hydrogen-bond acceptors (Lipinski definition) is 24. The molecule has 0 radical (unpaired) electrons. The number of anilines is 4. The van der Waals surface area contributed by atoms with Gasteiger partial charge in [-0.3, -0.25) is 38.1 Å². The van der Waals surface area contributed by atoms with Crippen molar-refractivity contribution < 1.29 is 88.7 Å². The molecule has 125 heavy (non-hydrogen) atoms. The van der Waals surface area contributed by atoms with E-state index in [0.29, 0.717) is 95.0 Å². The molecule has 6 aromatic carbocycles. The van der Waals surface area contributed by atoms with Crippen molar-refractivity contribution >= 4 is 119 Å². The fraction of sp³-hybridized carbons (Fsp3) is 0.420. The number of ketones is 1. The van der Waals surface area contributed by atoms with E-state index in [0.717, 1.165) is 101 Å². The third-order valence-corrected chi connectivity index (χ3v) is 24.6. The van der Waals surface area contributed by atoms with Crippen LogP contribution in [0.1, 0.15) is 111 Å². The van der Waals surface area contributed by atoms with E-state index >= 15 is 0 Å². The Balaban J connectivity index is 0.000000129. The molecule has 668 valence electrons. The average Bonchev–Trinajstić information content (AvgIpc) is 1.71. The van der Waals surface area contributed by atoms with Crippen LogP contribution in [0.5, 0.6) is 5.75 Å². The third-order valence-electron chi connectivity index (χ3n) is 22.5. The molecule has 3 amide bonds. The lowest BCUT2D eigenvalue weighted by atomic mass is 9.98. The monoisotopic (exact) mass is 1800 g/mol. The van der Waals surface area contributed by atoms with E-state index in [9.17, 15) is 55.9 Å². The predicted octanol–water partition coefficient (Wildman–Crippen LogP) is 10.4. The molecule has 9 aromatic rings. The van der Waals surface area contributed by atoms with Gasteiger partial charge in [0.25, 0.3) is 5.91 Å². The molecule has 8 N–H and O–H groups in total. The van der Waals surface area contributed by atoms with Gasteiger partial charge in [0.15, 0.2) is 28.9 Å². The van der Waals surface area contributed by atoms with E-state index in [1.165, 1.54) is 34.8 Å². The third kappa shape index (κ3) is 22.0. The Kier molecular flexibility index (Phi) is 29.7. The Morgan fingerprint density at radius 3 is 2.08 bits per heavy atom. The lowest BCUT2D eigenvalue weighted by Crippen LogP contribution is -2.60. The number of nitrogens with two attached hydrogens (primary N) is 2. The molecule has 18 rings (SSSR count). The van der Waals surface area contributed by atoms with Crippen LogP contribution in [0.4, 0.5) is 36.3 Å². The number of urea groups is 1. The van der Waals surface area contributed by atoms with Crippen molar-refractivity contribution in [1.82, 2.24) is 34.5 Å². The van der Waals surface area contributed by atoms with Gasteiger partial charge in [-0.25, -0.2) is 28.3 Å². The highest BCUT2D eigenvalue weighted by Gasteiger charge is 2.66. The summed E-state index contributed by atoms with van der Waals surface area (Å²) in [6.45, 7) is 25.2. The summed E-state index contributed by atoms with van der Waals surface area (Å²) in [6.07, 6.45) is 2.62. The molecule has 9 aliphatic heterocycles. The van der Waals surface area contributed by atoms with Crippen LogP contribution in [0.2, 0.25) is 10.0 Å². The number of carboxylic acid groups (broad SMARTS) is 2. The number of benzene rings is 6. The summed E-state index contributed by atoms with van der Waals surface area (Å²) in [7, 11) is -2.12. The molecule has 9 aliphatic rings. The summed E-state index contributed by atoms with van der Waals surface area (Å²) >= 11 is 13.9. The van der Waals surface area contributed by atoms with Crippen molar-refractivity contribution in [3.8, 4) is 5.75 Å². The number of nitrogens with zero attached hydrogens (tertiary/aromatic N) is 8. The Morgan fingerprint density at radius 1 is 0.728 bits per heavy atom. The van der Waals surface area contributed by atoms with E-state index in [4.69, 9.17) is 76.5 Å². The topological polar surface area (TPSA) is 373 Å². The largest absolute Gasteiger partial charge is 0.487 e. The minimum atomic E-state index is -4.14. The molecule has 12 heterocycles. The number of amides is 3. The maximum absolute atomic E-state index is 15.0. The Morgan fingerprint density at radius 2 is 1.39 bits per heavy atom. The van der Waals surface area contributed by atoms with Gasteiger partial charge >= 0.3 is 28.3 Å². The fourth-order valence-electron chi connectivity index (χ4n) is 16.3. The van der Waals surface area contributed by atoms with E-state index in [2.05, 4.69) is 48.9 Å². The number of ether oxygens (including phenoxy) is 7. The Labute approximate surface area is 735 Å². The summed E-state index contributed by atoms with van der Waals surface area (Å²) in [4.78, 5) is 97.1. The number of hydrogen-bond donors (Lipinski definition) is 6. The maximum atomic E-state index is 15.0. The lowest BCUT2D eigenvalue weighted by Gasteiger charge is -2.40. The smallest absolute Gasteiger partial charge is 0.341 e. The number of carbonyl (C=O) groups is 5. The van der Waals surface area contributed by atoms with Crippen molar-refractivity contribution in [3.63, 3.8) is 0 Å². The van der Waals surface area contributed by atoms with Gasteiger partial charge in [0, 0.05) is 155 Å². The van der Waals surface area contributed by atoms with E-state index < -0.39 is 86.9 Å². The Hall–Kier alpha value is -9.90. The first kappa shape index (κ1) is 92.8. The van der Waals surface area contributed by atoms with Crippen molar-refractivity contribution in [3.05, 3.63) is 225 Å². The van der Waals surface area contributed by atoms with Crippen LogP contribution < -0.4 is 51.8 Å². The number of carbonyl (C=O) groups excluding carboxylic acids is 3. The average molecular weight is 1800 g/mol. The van der Waals surface area contributed by atoms with Crippen molar-refractivity contribution in [1.29, 1.82) is 0 Å². The number of primary amides is 1. The van der Waals surface area contributed by atoms with Crippen LogP contribution in [-0.4, -0.2) is 233 Å². The number of rotatable bonds is 14. The zero-order chi connectivity index (χ0) is 89.4. The van der Waals surface area contributed by atoms with Gasteiger partial charge in [0.05, 0.1) is 59.3 Å². The Bertz CT molecular complexity index is 5710. The van der Waals surface area contributed by atoms with Gasteiger partial charge in [-0.05, 0) is 150 Å². The molecular weight excluding hydrogens is 1700 g/mol. The standard InChI is InChI=1S/C18H20FN3O4.C16H18FN3O3.C15H12N2O2.C14H14ClNS.C13H17ClN2O2.C12H21NO8S/c1-10-9-26-17-14-11(16(23)12(18(24)25)8-22(10)14)7-13(19)15(17)21-5-3-20(2)4-6-21;1-2-19-9-11(16(22)23)15(21)10-7-12(17)14(8-13(10)19)20-5-3-18-4-6-20;16-15(19)17-12-7-3-1-5-10(12)9-14(18)11-6-2-4-8-13(11)17;15-13-4-2-1-3-11(13)9-16-7-5-14-12(10-16)6-8-17-14;14-12-3-1-11(2-4-12)13(17)15-5-6-16-7-9-18-10-8-16;1-10(2)18-7-5-16-12(6-17-22(13,14)15)9(8(7)19-10)20-11(3,4)21-12/h7-8,10H,3-6,9H2,1-2H3,(H,24,25);7-9,18H,2-6H2,1H3,(H,22,23);1-8H,9H2,(H2,16,19);1-4,6,8H,5,7,9-10H2;1-4H,5-10H2,(H,15,17);7-9H,5-6H2,1-4H3,(H2,13,14,15)/t;;;;;7-,8-,9+,12+/m.....1/s1. The normalized spacial score (nSPS) is 21.1. The van der Waals surface area contributed by atoms with Gasteiger partial charge in [-0.1, -0.05) is 71.7 Å². The highest BCUT2D eigenvalue weighted by Crippen LogP contribution is 2.49. The zero-order valence-corrected chi connectivity index (χ0v) is 73.4. The first-order valence-electron chi connectivity index (χ1n) is 41.0. The highest BCUT2D eigenvalue weighted by molar-refractivity contribution is 7.84. The number of piperazine rings is 2. The van der Waals surface area contributed by atoms with Crippen molar-refractivity contribution in [2.24, 2.45) is 10.9 Å². The first-order chi connectivity index (χ1) is 59.6. The number of morpholine rings is 1. The number of para-hydroxylation sites is 2. The number of likely N-dealkylation sites (N-methyl/N-ethyl adjacent to an activating group) is 1. The van der Waals surface area contributed by atoms with Gasteiger partial charge in [0.2, 0.25) is 16.6 Å². The van der Waals surface area contributed by atoms with Crippen LogP contribution in [-0.2, 0) is 75.4 Å². The fourth-order valence-corrected chi connectivity index (χ4v) is 17.9. The van der Waals surface area contributed by atoms with E-state index in [1.807, 2.05) is 72.4 Å². The molecule has 3 aromatic heterocycles. The summed E-state index contributed by atoms with van der Waals surface area (Å²) in [6, 6.07) is 34.8. The molecular formula is C88H102Cl2F2N12O19S2. The molecule has 0 saturated carbocycles. The molecule has 6 saturated heterocycles. The number of carboxylic acids is 2. The van der Waals surface area contributed by atoms with Crippen LogP contribution in [0, 0.1) is 11.6 Å². The second-order valence-electron chi connectivity index (χ2n) is 32.1. The summed E-state index contributed by atoms with van der Waals surface area (Å²) in [5.41, 5.74) is 11.2. The number of halogens is 4. The summed E-state index contributed by atoms with van der Waals surface area (Å²) in [5.74, 6) is -6.60. The van der Waals surface area contributed by atoms with Gasteiger partial charge in [0.1, 0.15) is 54.2 Å². The molecule has 6 fully saturated rings. The minimum Gasteiger partial charge on any atom is -0.487 e. The molecule has 31 nitrogen and oxygen atoms in total. The molecule has 0 spiro atoms. The molecule has 0 aliphatic carbocycles. The van der Waals surface area contributed by atoms with Crippen LogP contribution in [0.25, 0.3) is 21.8 Å². The number of Topliss-reactive ketones (excluding diaryl/α,β-unsaturated/α-hetero) is 1. The summed E-state index contributed by atoms with van der Waals surface area (Å²) in [5, 5.41) is 33.3. The minimum absolute atomic E-state index is 0.00759. The van der Waals surface area contributed by atoms with Crippen LogP contribution in [0.3, 0.4) is 0 Å². The second kappa shape index (κ2) is 40.0. The van der Waals surface area contributed by atoms with Gasteiger partial charge < -0.3 is 83.6 Å².